The summed E-state index contributed by atoms with van der Waals surface area (Å²) in [6.07, 6.45) is 2.72. The maximum absolute atomic E-state index is 10.4. The van der Waals surface area contributed by atoms with Gasteiger partial charge in [-0.1, -0.05) is 27.7 Å². The van der Waals surface area contributed by atoms with E-state index in [2.05, 4.69) is 38.7 Å². The summed E-state index contributed by atoms with van der Waals surface area (Å²) in [5.74, 6) is 2.82. The molecule has 3 heterocycles. The van der Waals surface area contributed by atoms with E-state index >= 15 is 0 Å². The van der Waals surface area contributed by atoms with Gasteiger partial charge in [0.15, 0.2) is 0 Å². The molecule has 2 fully saturated rings. The Kier molecular flexibility index (Phi) is 5.40. The van der Waals surface area contributed by atoms with Crippen LogP contribution in [-0.4, -0.2) is 47.0 Å². The molecule has 3 rings (SSSR count). The Hall–Kier alpha value is -1.20. The monoisotopic (exact) mass is 333 g/mol. The molecule has 0 spiro atoms. The SMILES string of the molecule is CC(C)c1cc(N2CCC[C@@H]2[C@H]2COCC[C@H]2O)nc(C(C)C)n1. The lowest BCUT2D eigenvalue weighted by Crippen LogP contribution is -2.46. The highest BCUT2D eigenvalue weighted by Crippen LogP contribution is 2.34. The third-order valence-electron chi connectivity index (χ3n) is 5.31. The van der Waals surface area contributed by atoms with Crippen molar-refractivity contribution in [2.45, 2.75) is 70.9 Å². The van der Waals surface area contributed by atoms with Gasteiger partial charge >= 0.3 is 0 Å². The number of hydrogen-bond donors (Lipinski definition) is 1. The molecule has 1 N–H and O–H groups in total. The van der Waals surface area contributed by atoms with Crippen molar-refractivity contribution in [2.24, 2.45) is 5.92 Å². The minimum Gasteiger partial charge on any atom is -0.393 e. The lowest BCUT2D eigenvalue weighted by atomic mass is 9.89. The first-order valence-electron chi connectivity index (χ1n) is 9.38. The van der Waals surface area contributed by atoms with Gasteiger partial charge in [-0.15, -0.1) is 0 Å². The zero-order chi connectivity index (χ0) is 17.3. The van der Waals surface area contributed by atoms with Crippen LogP contribution in [0.25, 0.3) is 0 Å². The lowest BCUT2D eigenvalue weighted by Gasteiger charge is -2.37. The van der Waals surface area contributed by atoms with Crippen molar-refractivity contribution >= 4 is 5.82 Å². The normalized spacial score (nSPS) is 28.1. The number of aliphatic hydroxyl groups excluding tert-OH is 1. The molecule has 1 aromatic rings. The maximum atomic E-state index is 10.4. The van der Waals surface area contributed by atoms with Gasteiger partial charge in [0, 0.05) is 42.8 Å². The highest BCUT2D eigenvalue weighted by molar-refractivity contribution is 5.44. The van der Waals surface area contributed by atoms with Gasteiger partial charge in [0.2, 0.25) is 0 Å². The molecule has 24 heavy (non-hydrogen) atoms. The standard InChI is InChI=1S/C19H31N3O2/c1-12(2)15-10-18(21-19(20-15)13(3)4)22-8-5-6-16(22)14-11-24-9-7-17(14)23/h10,12-14,16-17,23H,5-9,11H2,1-4H3/t14-,16-,17-/m1/s1. The Morgan fingerprint density at radius 2 is 1.96 bits per heavy atom. The summed E-state index contributed by atoms with van der Waals surface area (Å²) < 4.78 is 5.65. The van der Waals surface area contributed by atoms with Crippen LogP contribution in [0.5, 0.6) is 0 Å². The van der Waals surface area contributed by atoms with Crippen molar-refractivity contribution in [2.75, 3.05) is 24.7 Å². The van der Waals surface area contributed by atoms with E-state index in [1.807, 2.05) is 0 Å². The van der Waals surface area contributed by atoms with E-state index in [0.29, 0.717) is 31.1 Å². The Labute approximate surface area is 145 Å². The highest BCUT2D eigenvalue weighted by Gasteiger charge is 2.38. The molecular weight excluding hydrogens is 302 g/mol. The Balaban J connectivity index is 1.91. The van der Waals surface area contributed by atoms with Gasteiger partial charge in [-0.3, -0.25) is 0 Å². The summed E-state index contributed by atoms with van der Waals surface area (Å²) in [7, 11) is 0. The molecule has 2 aliphatic rings. The number of ether oxygens (including phenoxy) is 1. The summed E-state index contributed by atoms with van der Waals surface area (Å²) in [6, 6.07) is 2.46. The molecule has 0 aliphatic carbocycles. The Bertz CT molecular complexity index is 535. The third kappa shape index (κ3) is 3.57. The zero-order valence-corrected chi connectivity index (χ0v) is 15.4. The molecule has 0 amide bonds. The van der Waals surface area contributed by atoms with Gasteiger partial charge in [-0.25, -0.2) is 9.97 Å². The van der Waals surface area contributed by atoms with Gasteiger partial charge in [0.25, 0.3) is 0 Å². The molecule has 5 nitrogen and oxygen atoms in total. The van der Waals surface area contributed by atoms with Crippen LogP contribution in [0.3, 0.4) is 0 Å². The summed E-state index contributed by atoms with van der Waals surface area (Å²) in [5.41, 5.74) is 1.11. The summed E-state index contributed by atoms with van der Waals surface area (Å²) >= 11 is 0. The average Bonchev–Trinajstić information content (AvgIpc) is 3.04. The molecule has 0 radical (unpaired) electrons. The van der Waals surface area contributed by atoms with Crippen LogP contribution in [-0.2, 0) is 4.74 Å². The first kappa shape index (κ1) is 17.6. The van der Waals surface area contributed by atoms with E-state index < -0.39 is 0 Å². The predicted molar refractivity (Wildman–Crippen MR) is 95.5 cm³/mol. The van der Waals surface area contributed by atoms with E-state index in [-0.39, 0.29) is 12.0 Å². The molecule has 2 aliphatic heterocycles. The summed E-state index contributed by atoms with van der Waals surface area (Å²) in [5, 5.41) is 10.4. The first-order chi connectivity index (χ1) is 11.5. The van der Waals surface area contributed by atoms with E-state index in [9.17, 15) is 5.11 Å². The van der Waals surface area contributed by atoms with Gasteiger partial charge in [0.05, 0.1) is 12.7 Å². The molecule has 3 atom stereocenters. The number of aromatic nitrogens is 2. The Morgan fingerprint density at radius 1 is 1.17 bits per heavy atom. The number of nitrogens with zero attached hydrogens (tertiary/aromatic N) is 3. The zero-order valence-electron chi connectivity index (χ0n) is 15.4. The molecule has 134 valence electrons. The van der Waals surface area contributed by atoms with Gasteiger partial charge in [0.1, 0.15) is 11.6 Å². The minimum absolute atomic E-state index is 0.182. The molecule has 1 aromatic heterocycles. The average molecular weight is 333 g/mol. The maximum Gasteiger partial charge on any atom is 0.133 e. The fraction of sp³-hybridized carbons (Fsp3) is 0.789. The molecule has 0 bridgehead atoms. The van der Waals surface area contributed by atoms with Crippen LogP contribution in [0.2, 0.25) is 0 Å². The molecular formula is C19H31N3O2. The number of aliphatic hydroxyl groups is 1. The second-order valence-corrected chi connectivity index (χ2v) is 7.82. The fourth-order valence-electron chi connectivity index (χ4n) is 3.81. The quantitative estimate of drug-likeness (QED) is 0.917. The van der Waals surface area contributed by atoms with Gasteiger partial charge in [-0.05, 0) is 25.2 Å². The minimum atomic E-state index is -0.264. The second kappa shape index (κ2) is 7.36. The summed E-state index contributed by atoms with van der Waals surface area (Å²) in [4.78, 5) is 12.0. The van der Waals surface area contributed by atoms with Crippen molar-refractivity contribution in [3.8, 4) is 0 Å². The lowest BCUT2D eigenvalue weighted by molar-refractivity contribution is -0.0438. The van der Waals surface area contributed by atoms with Crippen LogP contribution >= 0.6 is 0 Å². The smallest absolute Gasteiger partial charge is 0.133 e. The number of rotatable bonds is 4. The molecule has 0 unspecified atom stereocenters. The van der Waals surface area contributed by atoms with Crippen molar-refractivity contribution in [3.63, 3.8) is 0 Å². The van der Waals surface area contributed by atoms with Gasteiger partial charge < -0.3 is 14.7 Å². The predicted octanol–water partition coefficient (Wildman–Crippen LogP) is 3.09. The van der Waals surface area contributed by atoms with Crippen molar-refractivity contribution in [3.05, 3.63) is 17.6 Å². The second-order valence-electron chi connectivity index (χ2n) is 7.82. The topological polar surface area (TPSA) is 58.5 Å². The first-order valence-corrected chi connectivity index (χ1v) is 9.38. The largest absolute Gasteiger partial charge is 0.393 e. The van der Waals surface area contributed by atoms with Crippen molar-refractivity contribution < 1.29 is 9.84 Å². The van der Waals surface area contributed by atoms with E-state index in [0.717, 1.165) is 43.1 Å². The van der Waals surface area contributed by atoms with Crippen LogP contribution in [0.15, 0.2) is 6.07 Å². The Morgan fingerprint density at radius 3 is 2.62 bits per heavy atom. The number of hydrogen-bond acceptors (Lipinski definition) is 5. The van der Waals surface area contributed by atoms with E-state index in [4.69, 9.17) is 14.7 Å². The number of anilines is 1. The molecule has 0 aromatic carbocycles. The van der Waals surface area contributed by atoms with Crippen LogP contribution in [0.1, 0.15) is 70.3 Å². The fourth-order valence-corrected chi connectivity index (χ4v) is 3.81. The molecule has 2 saturated heterocycles. The van der Waals surface area contributed by atoms with Crippen molar-refractivity contribution in [1.82, 2.24) is 9.97 Å². The third-order valence-corrected chi connectivity index (χ3v) is 5.31. The summed E-state index contributed by atoms with van der Waals surface area (Å²) in [6.45, 7) is 11.0. The van der Waals surface area contributed by atoms with Crippen LogP contribution in [0, 0.1) is 5.92 Å². The molecule has 0 saturated carbocycles. The van der Waals surface area contributed by atoms with E-state index in [1.165, 1.54) is 0 Å². The van der Waals surface area contributed by atoms with Gasteiger partial charge in [-0.2, -0.15) is 0 Å². The van der Waals surface area contributed by atoms with Crippen LogP contribution < -0.4 is 4.90 Å². The van der Waals surface area contributed by atoms with E-state index in [1.54, 1.807) is 0 Å². The van der Waals surface area contributed by atoms with Crippen LogP contribution in [0.4, 0.5) is 5.82 Å². The highest BCUT2D eigenvalue weighted by atomic mass is 16.5. The van der Waals surface area contributed by atoms with Crippen molar-refractivity contribution in [1.29, 1.82) is 0 Å². The molecule has 5 heteroatoms.